The number of methoxy groups -OCH3 is 2. The maximum Gasteiger partial charge on any atom is 0.233 e. The Labute approximate surface area is 272 Å². The molecule has 0 saturated heterocycles. The molecule has 5 aromatic rings. The van der Waals surface area contributed by atoms with Crippen LogP contribution in [-0.4, -0.2) is 24.3 Å². The predicted molar refractivity (Wildman–Crippen MR) is 191 cm³/mol. The highest BCUT2D eigenvalue weighted by molar-refractivity contribution is 7.80. The van der Waals surface area contributed by atoms with Gasteiger partial charge in [0.05, 0.1) is 0 Å². The first-order chi connectivity index (χ1) is 21.5. The zero-order chi connectivity index (χ0) is 30.6. The summed E-state index contributed by atoms with van der Waals surface area (Å²) in [5, 5.41) is 7.13. The number of rotatable bonds is 9. The van der Waals surface area contributed by atoms with Crippen LogP contribution in [0.2, 0.25) is 0 Å². The number of ether oxygens (including phenoxy) is 2. The van der Waals surface area contributed by atoms with Gasteiger partial charge < -0.3 is 9.47 Å². The molecule has 0 unspecified atom stereocenters. The van der Waals surface area contributed by atoms with Crippen molar-refractivity contribution in [3.63, 3.8) is 0 Å². The van der Waals surface area contributed by atoms with Crippen LogP contribution in [0.4, 0.5) is 0 Å². The minimum absolute atomic E-state index is 0.837. The van der Waals surface area contributed by atoms with E-state index in [0.717, 1.165) is 16.5 Å². The fraction of sp³-hybridized carbons (Fsp3) is 0.105. The van der Waals surface area contributed by atoms with E-state index in [9.17, 15) is 0 Å². The van der Waals surface area contributed by atoms with E-state index in [1.807, 2.05) is 18.2 Å². The van der Waals surface area contributed by atoms with E-state index in [1.165, 1.54) is 26.5 Å². The van der Waals surface area contributed by atoms with Crippen molar-refractivity contribution in [1.29, 1.82) is 0 Å². The quantitative estimate of drug-likeness (QED) is 0.0912. The third-order valence-corrected chi connectivity index (χ3v) is 13.5. The van der Waals surface area contributed by atoms with Gasteiger partial charge in [-0.05, 0) is 59.3 Å². The second-order valence-corrected chi connectivity index (χ2v) is 16.0. The van der Waals surface area contributed by atoms with Crippen molar-refractivity contribution in [1.82, 2.24) is 0 Å². The van der Waals surface area contributed by atoms with Gasteiger partial charge in [-0.2, -0.15) is 0 Å². The predicted octanol–water partition coefficient (Wildman–Crippen LogP) is 8.02. The van der Waals surface area contributed by atoms with Gasteiger partial charge in [0.15, 0.2) is 4.33 Å². The van der Waals surface area contributed by atoms with Crippen LogP contribution in [0.5, 0.6) is 0 Å². The van der Waals surface area contributed by atoms with Crippen molar-refractivity contribution < 1.29 is 9.47 Å². The van der Waals surface area contributed by atoms with Crippen molar-refractivity contribution in [2.45, 2.75) is 10.1 Å². The minimum atomic E-state index is -1.50. The second kappa shape index (κ2) is 13.5. The molecule has 220 valence electrons. The van der Waals surface area contributed by atoms with Gasteiger partial charge in [0, 0.05) is 19.8 Å². The average Bonchev–Trinajstić information content (AvgIpc) is 3.08. The Hall–Kier alpha value is -3.06. The number of halogens is 2. The Kier molecular flexibility index (Phi) is 9.51. The van der Waals surface area contributed by atoms with Gasteiger partial charge in [0.25, 0.3) is 0 Å². The van der Waals surface area contributed by atoms with Gasteiger partial charge in [-0.1, -0.05) is 175 Å². The molecule has 0 atom stereocenters. The lowest BCUT2D eigenvalue weighted by atomic mass is 9.90. The Morgan fingerprint density at radius 1 is 0.500 bits per heavy atom. The maximum absolute atomic E-state index is 7.17. The summed E-state index contributed by atoms with van der Waals surface area (Å²) in [5.41, 5.74) is 1.84. The van der Waals surface area contributed by atoms with Crippen LogP contribution in [0.25, 0.3) is 5.57 Å². The summed E-state index contributed by atoms with van der Waals surface area (Å²) < 4.78 is 11.2. The fourth-order valence-corrected chi connectivity index (χ4v) is 11.4. The van der Waals surface area contributed by atoms with E-state index in [-0.39, 0.29) is 0 Å². The third-order valence-electron chi connectivity index (χ3n) is 7.76. The van der Waals surface area contributed by atoms with Crippen LogP contribution in [0.15, 0.2) is 163 Å². The molecule has 2 nitrogen and oxygen atoms in total. The molecule has 1 aliphatic carbocycles. The van der Waals surface area contributed by atoms with Crippen molar-refractivity contribution >= 4 is 71.1 Å². The summed E-state index contributed by atoms with van der Waals surface area (Å²) in [7, 11) is 1.21. The van der Waals surface area contributed by atoms with Crippen LogP contribution in [0.3, 0.4) is 0 Å². The second-order valence-electron chi connectivity index (χ2n) is 10.3. The smallest absolute Gasteiger partial charge is 0.233 e. The first kappa shape index (κ1) is 30.9. The monoisotopic (exact) mass is 652 g/mol. The first-order valence-corrected chi connectivity index (χ1v) is 17.8. The number of allylic oxidation sites excluding steroid dienone is 2. The molecule has 0 N–H and O–H groups in total. The SMILES string of the molecule is COC1(OC)C(c2ccccc2P(c2ccccc2)c2ccccc2)=C(P(c2ccccc2)c2ccccc2)C=CC1(Cl)Cl. The van der Waals surface area contributed by atoms with Gasteiger partial charge in [-0.15, -0.1) is 0 Å². The maximum atomic E-state index is 7.17. The van der Waals surface area contributed by atoms with Crippen LogP contribution >= 0.6 is 39.0 Å². The van der Waals surface area contributed by atoms with Crippen molar-refractivity contribution in [2.24, 2.45) is 0 Å². The van der Waals surface area contributed by atoms with Crippen LogP contribution in [-0.2, 0) is 9.47 Å². The summed E-state index contributed by atoms with van der Waals surface area (Å²) in [6.45, 7) is 0. The van der Waals surface area contributed by atoms with Gasteiger partial charge in [0.1, 0.15) is 0 Å². The summed E-state index contributed by atoms with van der Waals surface area (Å²) in [4.78, 5) is 0. The number of alkyl halides is 2. The Morgan fingerprint density at radius 2 is 0.886 bits per heavy atom. The Morgan fingerprint density at radius 3 is 1.32 bits per heavy atom. The third kappa shape index (κ3) is 5.73. The molecule has 0 aromatic heterocycles. The molecule has 0 saturated carbocycles. The summed E-state index contributed by atoms with van der Waals surface area (Å²) >= 11 is 14.3. The van der Waals surface area contributed by atoms with Gasteiger partial charge in [-0.3, -0.25) is 0 Å². The molecule has 44 heavy (non-hydrogen) atoms. The van der Waals surface area contributed by atoms with Crippen LogP contribution in [0, 0.1) is 0 Å². The lowest BCUT2D eigenvalue weighted by Gasteiger charge is -2.45. The molecule has 6 heteroatoms. The van der Waals surface area contributed by atoms with E-state index >= 15 is 0 Å². The molecule has 6 rings (SSSR count). The molecular weight excluding hydrogens is 621 g/mol. The molecule has 0 spiro atoms. The van der Waals surface area contributed by atoms with Gasteiger partial charge in [-0.25, -0.2) is 0 Å². The highest BCUT2D eigenvalue weighted by Gasteiger charge is 2.56. The first-order valence-electron chi connectivity index (χ1n) is 14.3. The lowest BCUT2D eigenvalue weighted by molar-refractivity contribution is -0.164. The fourth-order valence-electron chi connectivity index (χ4n) is 5.82. The zero-order valence-electron chi connectivity index (χ0n) is 24.5. The molecule has 5 aromatic carbocycles. The largest absolute Gasteiger partial charge is 0.347 e. The normalized spacial score (nSPS) is 15.6. The van der Waals surface area contributed by atoms with E-state index in [1.54, 1.807) is 14.2 Å². The molecule has 1 aliphatic rings. The highest BCUT2D eigenvalue weighted by atomic mass is 35.5. The van der Waals surface area contributed by atoms with Crippen molar-refractivity contribution in [2.75, 3.05) is 14.2 Å². The Bertz CT molecular complexity index is 1680. The van der Waals surface area contributed by atoms with Crippen LogP contribution in [0.1, 0.15) is 5.56 Å². The molecular formula is C38H32Cl2O2P2. The van der Waals surface area contributed by atoms with E-state index in [0.29, 0.717) is 0 Å². The molecule has 0 amide bonds. The van der Waals surface area contributed by atoms with E-state index in [2.05, 4.69) is 140 Å². The van der Waals surface area contributed by atoms with E-state index < -0.39 is 26.0 Å². The van der Waals surface area contributed by atoms with Crippen molar-refractivity contribution in [3.8, 4) is 0 Å². The molecule has 0 bridgehead atoms. The van der Waals surface area contributed by atoms with E-state index in [4.69, 9.17) is 32.7 Å². The molecule has 0 fully saturated rings. The lowest BCUT2D eigenvalue weighted by Crippen LogP contribution is -2.52. The number of benzene rings is 5. The highest BCUT2D eigenvalue weighted by Crippen LogP contribution is 2.58. The zero-order valence-corrected chi connectivity index (χ0v) is 27.8. The molecule has 0 heterocycles. The Balaban J connectivity index is 1.72. The minimum Gasteiger partial charge on any atom is -0.347 e. The van der Waals surface area contributed by atoms with Crippen LogP contribution < -0.4 is 26.5 Å². The summed E-state index contributed by atoms with van der Waals surface area (Å²) in [6, 6.07) is 51.1. The van der Waals surface area contributed by atoms with Gasteiger partial charge in [0.2, 0.25) is 5.79 Å². The summed E-state index contributed by atoms with van der Waals surface area (Å²) in [5.74, 6) is -1.49. The average molecular weight is 654 g/mol. The topological polar surface area (TPSA) is 18.5 Å². The standard InChI is InChI=1S/C38H32Cl2O2P2/c1-41-38(42-2)36(33-25-15-16-26-34(33)43(29-17-7-3-8-18-29)30-19-9-4-10-20-30)35(27-28-37(38,39)40)44(31-21-11-5-12-22-31)32-23-13-6-14-24-32/h3-28H,1-2H3. The summed E-state index contributed by atoms with van der Waals surface area (Å²) in [6.07, 6.45) is 3.89. The number of hydrogen-bond donors (Lipinski definition) is 0. The molecule has 0 aliphatic heterocycles. The van der Waals surface area contributed by atoms with Gasteiger partial charge >= 0.3 is 0 Å². The van der Waals surface area contributed by atoms with Crippen molar-refractivity contribution in [3.05, 3.63) is 169 Å². The molecule has 0 radical (unpaired) electrons. The number of hydrogen-bond acceptors (Lipinski definition) is 2.